The number of anilines is 1. The van der Waals surface area contributed by atoms with Crippen molar-refractivity contribution >= 4 is 40.5 Å². The molecule has 5 rings (SSSR count). The summed E-state index contributed by atoms with van der Waals surface area (Å²) in [6.07, 6.45) is 2.04. The Kier molecular flexibility index (Phi) is 8.09. The maximum atomic E-state index is 13.0. The zero-order chi connectivity index (χ0) is 28.4. The first-order valence-corrected chi connectivity index (χ1v) is 13.9. The van der Waals surface area contributed by atoms with Crippen LogP contribution in [-0.2, 0) is 4.79 Å². The zero-order valence-corrected chi connectivity index (χ0v) is 24.5. The SMILES string of the molecule is COc1ccccc1NC(=O)CCN1C(=S)N[C@H](c2ccccn2)[C@H]1c1cc(C)n(-c2cc(Cl)ccc2C)c1C. The average molecular weight is 574 g/mol. The number of hydrogen-bond acceptors (Lipinski definition) is 4. The van der Waals surface area contributed by atoms with E-state index in [1.165, 1.54) is 0 Å². The van der Waals surface area contributed by atoms with E-state index in [0.717, 1.165) is 33.9 Å². The molecule has 0 bridgehead atoms. The maximum Gasteiger partial charge on any atom is 0.226 e. The number of pyridine rings is 1. The first kappa shape index (κ1) is 27.7. The van der Waals surface area contributed by atoms with E-state index in [4.69, 9.17) is 28.6 Å². The second-order valence-corrected chi connectivity index (χ2v) is 10.7. The van der Waals surface area contributed by atoms with Gasteiger partial charge in [0.2, 0.25) is 5.91 Å². The van der Waals surface area contributed by atoms with Crippen LogP contribution < -0.4 is 15.4 Å². The third kappa shape index (κ3) is 5.42. The monoisotopic (exact) mass is 573 g/mol. The van der Waals surface area contributed by atoms with Crippen LogP contribution in [0.1, 0.15) is 46.7 Å². The summed E-state index contributed by atoms with van der Waals surface area (Å²) in [5, 5.41) is 7.74. The highest BCUT2D eigenvalue weighted by Crippen LogP contribution is 2.42. The van der Waals surface area contributed by atoms with Gasteiger partial charge in [0.15, 0.2) is 5.11 Å². The molecule has 1 amide bonds. The Morgan fingerprint density at radius 1 is 1.10 bits per heavy atom. The van der Waals surface area contributed by atoms with Crippen LogP contribution in [0.4, 0.5) is 5.69 Å². The van der Waals surface area contributed by atoms with Gasteiger partial charge in [-0.05, 0) is 86.6 Å². The molecule has 7 nitrogen and oxygen atoms in total. The number of aromatic nitrogens is 2. The van der Waals surface area contributed by atoms with E-state index in [9.17, 15) is 4.79 Å². The normalized spacial score (nSPS) is 16.6. The van der Waals surface area contributed by atoms with Crippen LogP contribution in [0.25, 0.3) is 5.69 Å². The summed E-state index contributed by atoms with van der Waals surface area (Å²) < 4.78 is 7.62. The van der Waals surface area contributed by atoms with Gasteiger partial charge in [-0.15, -0.1) is 0 Å². The molecule has 4 aromatic rings. The molecule has 0 saturated carbocycles. The fourth-order valence-corrected chi connectivity index (χ4v) is 5.95. The van der Waals surface area contributed by atoms with E-state index in [2.05, 4.69) is 51.9 Å². The Morgan fingerprint density at radius 2 is 1.88 bits per heavy atom. The summed E-state index contributed by atoms with van der Waals surface area (Å²) in [5.74, 6) is 0.499. The molecule has 206 valence electrons. The standard InChI is InChI=1S/C31H32ClN5O2S/c1-19-12-13-22(32)18-26(19)37-20(2)17-23(21(37)3)30-29(25-10-7-8-15-33-25)35-31(40)36(30)16-14-28(38)34-24-9-5-6-11-27(24)39-4/h5-13,15,17-18,29-30H,14,16H2,1-4H3,(H,34,38)(H,35,40)/t29-,30-/m1/s1. The van der Waals surface area contributed by atoms with Gasteiger partial charge in [0.25, 0.3) is 0 Å². The van der Waals surface area contributed by atoms with Gasteiger partial charge < -0.3 is 24.8 Å². The van der Waals surface area contributed by atoms with Gasteiger partial charge in [0.1, 0.15) is 5.75 Å². The van der Waals surface area contributed by atoms with Crippen molar-refractivity contribution in [3.8, 4) is 11.4 Å². The number of hydrogen-bond donors (Lipinski definition) is 2. The number of nitrogens with one attached hydrogen (secondary N) is 2. The highest BCUT2D eigenvalue weighted by atomic mass is 35.5. The minimum absolute atomic E-state index is 0.118. The Labute approximate surface area is 245 Å². The van der Waals surface area contributed by atoms with Crippen LogP contribution in [0, 0.1) is 20.8 Å². The molecular formula is C31H32ClN5O2S. The van der Waals surface area contributed by atoms with Gasteiger partial charge in [0.05, 0.1) is 30.6 Å². The molecule has 0 unspecified atom stereocenters. The summed E-state index contributed by atoms with van der Waals surface area (Å²) >= 11 is 12.2. The third-order valence-electron chi connectivity index (χ3n) is 7.36. The minimum atomic E-state index is -0.180. The molecule has 2 atom stereocenters. The van der Waals surface area contributed by atoms with Crippen LogP contribution in [0.2, 0.25) is 5.02 Å². The highest BCUT2D eigenvalue weighted by molar-refractivity contribution is 7.80. The molecule has 2 aromatic carbocycles. The van der Waals surface area contributed by atoms with Gasteiger partial charge in [-0.1, -0.05) is 35.9 Å². The Morgan fingerprint density at radius 3 is 2.62 bits per heavy atom. The predicted octanol–water partition coefficient (Wildman–Crippen LogP) is 6.46. The van der Waals surface area contributed by atoms with Crippen LogP contribution in [0.3, 0.4) is 0 Å². The van der Waals surface area contributed by atoms with E-state index in [1.807, 2.05) is 60.7 Å². The minimum Gasteiger partial charge on any atom is -0.495 e. The summed E-state index contributed by atoms with van der Waals surface area (Å²) in [4.78, 5) is 19.8. The second kappa shape index (κ2) is 11.7. The fraction of sp³-hybridized carbons (Fsp3) is 0.258. The molecule has 1 saturated heterocycles. The Hall–Kier alpha value is -3.88. The molecule has 2 N–H and O–H groups in total. The van der Waals surface area contributed by atoms with E-state index in [-0.39, 0.29) is 24.4 Å². The van der Waals surface area contributed by atoms with Gasteiger partial charge in [-0.2, -0.15) is 0 Å². The lowest BCUT2D eigenvalue weighted by atomic mass is 9.96. The number of rotatable bonds is 8. The number of carbonyl (C=O) groups excluding carboxylic acids is 1. The molecule has 0 aliphatic carbocycles. The maximum absolute atomic E-state index is 13.0. The summed E-state index contributed by atoms with van der Waals surface area (Å²) in [5.41, 5.74) is 6.99. The van der Waals surface area contributed by atoms with Crippen LogP contribution in [-0.4, -0.2) is 39.1 Å². The summed E-state index contributed by atoms with van der Waals surface area (Å²) in [6, 6.07) is 21.1. The van der Waals surface area contributed by atoms with Crippen molar-refractivity contribution in [3.05, 3.63) is 106 Å². The lowest BCUT2D eigenvalue weighted by Crippen LogP contribution is -2.33. The van der Waals surface area contributed by atoms with Crippen molar-refractivity contribution < 1.29 is 9.53 Å². The van der Waals surface area contributed by atoms with Crippen LogP contribution in [0.15, 0.2) is 72.9 Å². The van der Waals surface area contributed by atoms with Crippen molar-refractivity contribution in [3.63, 3.8) is 0 Å². The van der Waals surface area contributed by atoms with Gasteiger partial charge >= 0.3 is 0 Å². The molecule has 1 aliphatic heterocycles. The molecule has 1 aliphatic rings. The predicted molar refractivity (Wildman–Crippen MR) is 163 cm³/mol. The topological polar surface area (TPSA) is 71.4 Å². The number of ether oxygens (including phenoxy) is 1. The van der Waals surface area contributed by atoms with E-state index in [1.54, 1.807) is 13.3 Å². The highest BCUT2D eigenvalue weighted by Gasteiger charge is 2.41. The van der Waals surface area contributed by atoms with Crippen molar-refractivity contribution in [1.29, 1.82) is 0 Å². The molecule has 0 radical (unpaired) electrons. The molecule has 9 heteroatoms. The summed E-state index contributed by atoms with van der Waals surface area (Å²) in [6.45, 7) is 6.73. The van der Waals surface area contributed by atoms with E-state index in [0.29, 0.717) is 28.1 Å². The lowest BCUT2D eigenvalue weighted by Gasteiger charge is -2.28. The number of carbonyl (C=O) groups is 1. The van der Waals surface area contributed by atoms with Crippen LogP contribution in [0.5, 0.6) is 5.75 Å². The van der Waals surface area contributed by atoms with Crippen molar-refractivity contribution in [1.82, 2.24) is 19.8 Å². The zero-order valence-electron chi connectivity index (χ0n) is 22.9. The summed E-state index contributed by atoms with van der Waals surface area (Å²) in [7, 11) is 1.59. The molecule has 1 fully saturated rings. The number of para-hydroxylation sites is 2. The Bertz CT molecular complexity index is 1550. The number of aryl methyl sites for hydroxylation is 2. The van der Waals surface area contributed by atoms with Gasteiger partial charge in [-0.3, -0.25) is 9.78 Å². The molecule has 3 heterocycles. The third-order valence-corrected chi connectivity index (χ3v) is 7.95. The quantitative estimate of drug-likeness (QED) is 0.236. The van der Waals surface area contributed by atoms with Crippen molar-refractivity contribution in [2.45, 2.75) is 39.3 Å². The second-order valence-electron chi connectivity index (χ2n) is 9.91. The number of amides is 1. The molecular weight excluding hydrogens is 542 g/mol. The lowest BCUT2D eigenvalue weighted by molar-refractivity contribution is -0.116. The first-order valence-electron chi connectivity index (χ1n) is 13.1. The van der Waals surface area contributed by atoms with Gasteiger partial charge in [-0.25, -0.2) is 0 Å². The number of benzene rings is 2. The van der Waals surface area contributed by atoms with Crippen molar-refractivity contribution in [2.24, 2.45) is 0 Å². The smallest absolute Gasteiger partial charge is 0.226 e. The molecule has 2 aromatic heterocycles. The fourth-order valence-electron chi connectivity index (χ4n) is 5.45. The van der Waals surface area contributed by atoms with Crippen molar-refractivity contribution in [2.75, 3.05) is 19.0 Å². The number of halogens is 1. The van der Waals surface area contributed by atoms with E-state index < -0.39 is 0 Å². The number of thiocarbonyl (C=S) groups is 1. The largest absolute Gasteiger partial charge is 0.495 e. The van der Waals surface area contributed by atoms with Crippen LogP contribution >= 0.6 is 23.8 Å². The Balaban J connectivity index is 1.49. The number of nitrogens with zero attached hydrogens (tertiary/aromatic N) is 3. The number of methoxy groups -OCH3 is 1. The first-order chi connectivity index (χ1) is 19.3. The van der Waals surface area contributed by atoms with E-state index >= 15 is 0 Å². The molecule has 0 spiro atoms. The molecule has 40 heavy (non-hydrogen) atoms. The van der Waals surface area contributed by atoms with Gasteiger partial charge in [0, 0.05) is 41.3 Å². The average Bonchev–Trinajstić information content (AvgIpc) is 3.43.